The Morgan fingerprint density at radius 3 is 2.76 bits per heavy atom. The van der Waals surface area contributed by atoms with Crippen molar-refractivity contribution in [1.29, 1.82) is 0 Å². The second kappa shape index (κ2) is 6.94. The Kier molecular flexibility index (Phi) is 5.53. The number of carbonyl (C=O) groups excluding carboxylic acids is 1. The van der Waals surface area contributed by atoms with Gasteiger partial charge < -0.3 is 9.84 Å². The van der Waals surface area contributed by atoms with Crippen molar-refractivity contribution in [2.24, 2.45) is 0 Å². The van der Waals surface area contributed by atoms with E-state index in [1.807, 2.05) is 6.92 Å². The number of unbranched alkanes of at least 4 members (excludes halogenated alkanes) is 3. The van der Waals surface area contributed by atoms with Gasteiger partial charge in [0.15, 0.2) is 0 Å². The van der Waals surface area contributed by atoms with Gasteiger partial charge in [-0.15, -0.1) is 0 Å². The van der Waals surface area contributed by atoms with Crippen molar-refractivity contribution in [2.45, 2.75) is 39.5 Å². The van der Waals surface area contributed by atoms with E-state index in [1.165, 1.54) is 18.9 Å². The molecular formula is C14H20O3. The van der Waals surface area contributed by atoms with Crippen LogP contribution < -0.4 is 0 Å². The highest BCUT2D eigenvalue weighted by atomic mass is 16.5. The van der Waals surface area contributed by atoms with Gasteiger partial charge in [0.25, 0.3) is 0 Å². The summed E-state index contributed by atoms with van der Waals surface area (Å²) in [7, 11) is 0. The summed E-state index contributed by atoms with van der Waals surface area (Å²) in [5.74, 6) is -0.261. The maximum atomic E-state index is 11.7. The number of hydrogen-bond acceptors (Lipinski definition) is 3. The van der Waals surface area contributed by atoms with E-state index in [1.54, 1.807) is 12.1 Å². The fourth-order valence-electron chi connectivity index (χ4n) is 1.60. The molecule has 0 bridgehead atoms. The van der Waals surface area contributed by atoms with Crippen LogP contribution in [-0.2, 0) is 4.74 Å². The molecule has 17 heavy (non-hydrogen) atoms. The Balaban J connectivity index is 2.44. The normalized spacial score (nSPS) is 10.2. The summed E-state index contributed by atoms with van der Waals surface area (Å²) in [5.41, 5.74) is 1.27. The molecule has 94 valence electrons. The van der Waals surface area contributed by atoms with Crippen LogP contribution in [0.1, 0.15) is 48.5 Å². The molecule has 0 aliphatic carbocycles. The number of aryl methyl sites for hydroxylation is 1. The Bertz CT molecular complexity index is 372. The highest BCUT2D eigenvalue weighted by Crippen LogP contribution is 2.16. The minimum absolute atomic E-state index is 0.0912. The van der Waals surface area contributed by atoms with Gasteiger partial charge in [0, 0.05) is 0 Å². The van der Waals surface area contributed by atoms with Crippen LogP contribution in [-0.4, -0.2) is 17.7 Å². The molecule has 1 rings (SSSR count). The third-order valence-corrected chi connectivity index (χ3v) is 2.67. The molecule has 1 aromatic carbocycles. The molecule has 0 saturated carbocycles. The van der Waals surface area contributed by atoms with Crippen LogP contribution in [0.2, 0.25) is 0 Å². The maximum absolute atomic E-state index is 11.7. The minimum atomic E-state index is -0.352. The molecule has 0 radical (unpaired) electrons. The van der Waals surface area contributed by atoms with E-state index in [0.29, 0.717) is 12.2 Å². The fourth-order valence-corrected chi connectivity index (χ4v) is 1.60. The van der Waals surface area contributed by atoms with E-state index < -0.39 is 0 Å². The third kappa shape index (κ3) is 4.47. The van der Waals surface area contributed by atoms with E-state index in [4.69, 9.17) is 4.74 Å². The van der Waals surface area contributed by atoms with Gasteiger partial charge in [0.2, 0.25) is 0 Å². The topological polar surface area (TPSA) is 46.5 Å². The van der Waals surface area contributed by atoms with Gasteiger partial charge in [0.1, 0.15) is 5.75 Å². The average Bonchev–Trinajstić information content (AvgIpc) is 2.32. The van der Waals surface area contributed by atoms with Gasteiger partial charge in [-0.1, -0.05) is 32.3 Å². The molecule has 0 spiro atoms. The molecule has 1 aromatic rings. The molecule has 1 N–H and O–H groups in total. The summed E-state index contributed by atoms with van der Waals surface area (Å²) in [6, 6.07) is 4.72. The van der Waals surface area contributed by atoms with Gasteiger partial charge in [-0.3, -0.25) is 0 Å². The maximum Gasteiger partial charge on any atom is 0.338 e. The van der Waals surface area contributed by atoms with Crippen molar-refractivity contribution in [1.82, 2.24) is 0 Å². The lowest BCUT2D eigenvalue weighted by Gasteiger charge is -2.07. The van der Waals surface area contributed by atoms with E-state index in [0.717, 1.165) is 18.4 Å². The van der Waals surface area contributed by atoms with E-state index in [9.17, 15) is 9.90 Å². The number of aromatic hydroxyl groups is 1. The Labute approximate surface area is 102 Å². The highest BCUT2D eigenvalue weighted by Gasteiger charge is 2.10. The van der Waals surface area contributed by atoms with E-state index in [-0.39, 0.29) is 11.7 Å². The number of benzene rings is 1. The Morgan fingerprint density at radius 2 is 2.06 bits per heavy atom. The van der Waals surface area contributed by atoms with Crippen LogP contribution in [0.3, 0.4) is 0 Å². The molecule has 0 fully saturated rings. The lowest BCUT2D eigenvalue weighted by atomic mass is 10.1. The predicted octanol–water partition coefficient (Wildman–Crippen LogP) is 3.44. The Morgan fingerprint density at radius 1 is 1.29 bits per heavy atom. The SMILES string of the molecule is CCCCCCOC(=O)c1cc(O)ccc1C. The van der Waals surface area contributed by atoms with Crippen molar-refractivity contribution in [3.05, 3.63) is 29.3 Å². The van der Waals surface area contributed by atoms with Crippen molar-refractivity contribution >= 4 is 5.97 Å². The molecule has 0 unspecified atom stereocenters. The molecule has 0 aliphatic rings. The van der Waals surface area contributed by atoms with Crippen molar-refractivity contribution in [3.63, 3.8) is 0 Å². The lowest BCUT2D eigenvalue weighted by Crippen LogP contribution is -2.08. The van der Waals surface area contributed by atoms with Crippen molar-refractivity contribution in [2.75, 3.05) is 6.61 Å². The number of rotatable bonds is 6. The monoisotopic (exact) mass is 236 g/mol. The second-order valence-electron chi connectivity index (χ2n) is 4.20. The summed E-state index contributed by atoms with van der Waals surface area (Å²) in [4.78, 5) is 11.7. The zero-order valence-corrected chi connectivity index (χ0v) is 10.5. The number of phenolic OH excluding ortho intramolecular Hbond substituents is 1. The first-order valence-electron chi connectivity index (χ1n) is 6.12. The van der Waals surface area contributed by atoms with Crippen LogP contribution in [0.5, 0.6) is 5.75 Å². The molecule has 0 atom stereocenters. The van der Waals surface area contributed by atoms with Crippen LogP contribution in [0.25, 0.3) is 0 Å². The van der Waals surface area contributed by atoms with Gasteiger partial charge in [-0.2, -0.15) is 0 Å². The van der Waals surface area contributed by atoms with Gasteiger partial charge in [0.05, 0.1) is 12.2 Å². The van der Waals surface area contributed by atoms with Crippen LogP contribution >= 0.6 is 0 Å². The first kappa shape index (κ1) is 13.6. The van der Waals surface area contributed by atoms with E-state index in [2.05, 4.69) is 6.92 Å². The number of hydrogen-bond donors (Lipinski definition) is 1. The summed E-state index contributed by atoms with van der Waals surface area (Å²) < 4.78 is 5.16. The average molecular weight is 236 g/mol. The van der Waals surface area contributed by atoms with Crippen LogP contribution in [0.15, 0.2) is 18.2 Å². The molecular weight excluding hydrogens is 216 g/mol. The van der Waals surface area contributed by atoms with Gasteiger partial charge in [-0.25, -0.2) is 4.79 Å². The predicted molar refractivity (Wildman–Crippen MR) is 67.3 cm³/mol. The summed E-state index contributed by atoms with van der Waals surface area (Å²) >= 11 is 0. The lowest BCUT2D eigenvalue weighted by molar-refractivity contribution is 0.0496. The van der Waals surface area contributed by atoms with Gasteiger partial charge >= 0.3 is 5.97 Å². The number of carbonyl (C=O) groups is 1. The molecule has 3 heteroatoms. The quantitative estimate of drug-likeness (QED) is 0.608. The van der Waals surface area contributed by atoms with E-state index >= 15 is 0 Å². The number of esters is 1. The first-order valence-corrected chi connectivity index (χ1v) is 6.12. The second-order valence-corrected chi connectivity index (χ2v) is 4.20. The number of phenols is 1. The van der Waals surface area contributed by atoms with Crippen LogP contribution in [0, 0.1) is 6.92 Å². The Hall–Kier alpha value is -1.51. The molecule has 0 aliphatic heterocycles. The molecule has 0 saturated heterocycles. The highest BCUT2D eigenvalue weighted by molar-refractivity contribution is 5.91. The first-order chi connectivity index (χ1) is 8.15. The summed E-state index contributed by atoms with van der Waals surface area (Å²) in [5, 5.41) is 9.32. The minimum Gasteiger partial charge on any atom is -0.508 e. The third-order valence-electron chi connectivity index (χ3n) is 2.67. The zero-order chi connectivity index (χ0) is 12.7. The smallest absolute Gasteiger partial charge is 0.338 e. The molecule has 0 heterocycles. The standard InChI is InChI=1S/C14H20O3/c1-3-4-5-6-9-17-14(16)13-10-12(15)8-7-11(13)2/h7-8,10,15H,3-6,9H2,1-2H3. The molecule has 3 nitrogen and oxygen atoms in total. The number of ether oxygens (including phenoxy) is 1. The summed E-state index contributed by atoms with van der Waals surface area (Å²) in [6.07, 6.45) is 4.32. The molecule has 0 amide bonds. The zero-order valence-electron chi connectivity index (χ0n) is 10.5. The fraction of sp³-hybridized carbons (Fsp3) is 0.500. The van der Waals surface area contributed by atoms with Crippen LogP contribution in [0.4, 0.5) is 0 Å². The van der Waals surface area contributed by atoms with Crippen molar-refractivity contribution < 1.29 is 14.6 Å². The molecule has 0 aromatic heterocycles. The van der Waals surface area contributed by atoms with Gasteiger partial charge in [-0.05, 0) is 31.0 Å². The summed E-state index contributed by atoms with van der Waals surface area (Å²) in [6.45, 7) is 4.42. The largest absolute Gasteiger partial charge is 0.508 e. The van der Waals surface area contributed by atoms with Crippen molar-refractivity contribution in [3.8, 4) is 5.75 Å².